The van der Waals surface area contributed by atoms with Gasteiger partial charge in [-0.3, -0.25) is 9.59 Å². The topological polar surface area (TPSA) is 135 Å². The average molecular weight is 393 g/mol. The van der Waals surface area contributed by atoms with E-state index in [-0.39, 0.29) is 71.6 Å². The van der Waals surface area contributed by atoms with Crippen LogP contribution >= 0.6 is 0 Å². The Labute approximate surface area is 158 Å². The van der Waals surface area contributed by atoms with E-state index < -0.39 is 11.8 Å². The molecular weight excluding hydrogens is 362 g/mol. The molecule has 1 heterocycles. The van der Waals surface area contributed by atoms with Crippen molar-refractivity contribution in [2.45, 2.75) is 31.5 Å². The van der Waals surface area contributed by atoms with Gasteiger partial charge in [0.25, 0.3) is 0 Å². The Kier molecular flexibility index (Phi) is 12.1. The van der Waals surface area contributed by atoms with Crippen molar-refractivity contribution in [2.75, 3.05) is 65.9 Å². The van der Waals surface area contributed by atoms with Crippen molar-refractivity contribution < 1.29 is 43.9 Å². The molecule has 1 amide bonds. The molecule has 0 aliphatic carbocycles. The van der Waals surface area contributed by atoms with Gasteiger partial charge in [0, 0.05) is 32.4 Å². The van der Waals surface area contributed by atoms with Gasteiger partial charge in [0.1, 0.15) is 6.61 Å². The maximum absolute atomic E-state index is 12.3. The minimum absolute atomic E-state index is 0.0114. The Hall–Kier alpha value is -1.30. The normalized spacial score (nSPS) is 16.3. The van der Waals surface area contributed by atoms with Crippen molar-refractivity contribution in [1.29, 1.82) is 0 Å². The molecule has 0 atom stereocenters. The second kappa shape index (κ2) is 13.8. The number of amides is 1. The van der Waals surface area contributed by atoms with Crippen molar-refractivity contribution in [3.05, 3.63) is 0 Å². The van der Waals surface area contributed by atoms with E-state index in [2.05, 4.69) is 0 Å². The molecule has 1 aliphatic rings. The summed E-state index contributed by atoms with van der Waals surface area (Å²) in [5.41, 5.74) is 0. The highest BCUT2D eigenvalue weighted by molar-refractivity contribution is 5.81. The van der Waals surface area contributed by atoms with Gasteiger partial charge in [0.2, 0.25) is 5.91 Å². The summed E-state index contributed by atoms with van der Waals surface area (Å²) in [6.45, 7) is 1.16. The Morgan fingerprint density at radius 1 is 0.815 bits per heavy atom. The standard InChI is InChI=1S/C17H31NO9/c19-7-10-24-13-14-25-16(23)2-1-15(22)18-5-3-17(4-6-18,26-11-8-20)27-12-9-21/h19-21H,1-14H2. The third-order valence-electron chi connectivity index (χ3n) is 4.06. The van der Waals surface area contributed by atoms with Gasteiger partial charge in [0.05, 0.1) is 52.7 Å². The molecule has 0 bridgehead atoms. The van der Waals surface area contributed by atoms with Crippen LogP contribution in [0.15, 0.2) is 0 Å². The Morgan fingerprint density at radius 2 is 1.41 bits per heavy atom. The SMILES string of the molecule is O=C(CCC(=O)N1CCC(OCCO)(OCCO)CC1)OCCOCCO. The highest BCUT2D eigenvalue weighted by Crippen LogP contribution is 2.28. The number of carbonyl (C=O) groups is 2. The highest BCUT2D eigenvalue weighted by atomic mass is 16.7. The quantitative estimate of drug-likeness (QED) is 0.186. The molecule has 0 unspecified atom stereocenters. The first-order valence-electron chi connectivity index (χ1n) is 9.18. The van der Waals surface area contributed by atoms with Gasteiger partial charge in [-0.25, -0.2) is 0 Å². The van der Waals surface area contributed by atoms with E-state index in [0.717, 1.165) is 0 Å². The molecule has 0 saturated carbocycles. The summed E-state index contributed by atoms with van der Waals surface area (Å²) in [5.74, 6) is -1.53. The molecule has 3 N–H and O–H groups in total. The number of hydrogen-bond acceptors (Lipinski definition) is 9. The number of hydrogen-bond donors (Lipinski definition) is 3. The lowest BCUT2D eigenvalue weighted by Gasteiger charge is -2.41. The van der Waals surface area contributed by atoms with Crippen molar-refractivity contribution in [1.82, 2.24) is 4.90 Å². The molecule has 1 aliphatic heterocycles. The Morgan fingerprint density at radius 3 is 1.96 bits per heavy atom. The fraction of sp³-hybridized carbons (Fsp3) is 0.882. The molecule has 10 heteroatoms. The summed E-state index contributed by atoms with van der Waals surface area (Å²) in [4.78, 5) is 25.5. The predicted molar refractivity (Wildman–Crippen MR) is 92.7 cm³/mol. The van der Waals surface area contributed by atoms with Crippen LogP contribution in [-0.2, 0) is 28.5 Å². The maximum Gasteiger partial charge on any atom is 0.306 e. The molecule has 0 radical (unpaired) electrons. The smallest absolute Gasteiger partial charge is 0.306 e. The largest absolute Gasteiger partial charge is 0.463 e. The summed E-state index contributed by atoms with van der Waals surface area (Å²) in [6.07, 6.45) is 0.886. The Balaban J connectivity index is 2.29. The molecule has 1 saturated heterocycles. The van der Waals surface area contributed by atoms with Crippen LogP contribution in [0.4, 0.5) is 0 Å². The molecule has 10 nitrogen and oxygen atoms in total. The van der Waals surface area contributed by atoms with Gasteiger partial charge in [-0.1, -0.05) is 0 Å². The minimum atomic E-state index is -0.907. The van der Waals surface area contributed by atoms with Crippen LogP contribution in [0.1, 0.15) is 25.7 Å². The average Bonchev–Trinajstić information content (AvgIpc) is 2.69. The van der Waals surface area contributed by atoms with E-state index in [0.29, 0.717) is 25.9 Å². The zero-order valence-electron chi connectivity index (χ0n) is 15.6. The summed E-state index contributed by atoms with van der Waals surface area (Å²) in [7, 11) is 0. The van der Waals surface area contributed by atoms with Crippen molar-refractivity contribution in [3.8, 4) is 0 Å². The third-order valence-corrected chi connectivity index (χ3v) is 4.06. The fourth-order valence-electron chi connectivity index (χ4n) is 2.71. The summed E-state index contributed by atoms with van der Waals surface area (Å²) in [5, 5.41) is 26.4. The summed E-state index contributed by atoms with van der Waals surface area (Å²) >= 11 is 0. The minimum Gasteiger partial charge on any atom is -0.463 e. The first kappa shape index (κ1) is 23.7. The van der Waals surface area contributed by atoms with E-state index in [1.807, 2.05) is 0 Å². The molecule has 0 aromatic rings. The van der Waals surface area contributed by atoms with E-state index >= 15 is 0 Å². The van der Waals surface area contributed by atoms with Crippen LogP contribution < -0.4 is 0 Å². The molecule has 1 rings (SSSR count). The van der Waals surface area contributed by atoms with Gasteiger partial charge < -0.3 is 39.2 Å². The summed E-state index contributed by atoms with van der Waals surface area (Å²) in [6, 6.07) is 0. The van der Waals surface area contributed by atoms with Crippen molar-refractivity contribution >= 4 is 11.9 Å². The molecule has 0 aromatic heterocycles. The second-order valence-electron chi connectivity index (χ2n) is 5.99. The molecule has 158 valence electrons. The lowest BCUT2D eigenvalue weighted by molar-refractivity contribution is -0.261. The predicted octanol–water partition coefficient (Wildman–Crippen LogP) is -1.34. The van der Waals surface area contributed by atoms with Crippen LogP contribution in [-0.4, -0.2) is 104 Å². The fourth-order valence-corrected chi connectivity index (χ4v) is 2.71. The molecule has 1 fully saturated rings. The number of ether oxygens (including phenoxy) is 4. The van der Waals surface area contributed by atoms with Gasteiger partial charge in [0.15, 0.2) is 5.79 Å². The first-order valence-corrected chi connectivity index (χ1v) is 9.18. The number of carbonyl (C=O) groups excluding carboxylic acids is 2. The number of piperidine rings is 1. The Bertz CT molecular complexity index is 415. The van der Waals surface area contributed by atoms with Crippen molar-refractivity contribution in [2.24, 2.45) is 0 Å². The third kappa shape index (κ3) is 9.45. The van der Waals surface area contributed by atoms with Crippen LogP contribution in [0.5, 0.6) is 0 Å². The van der Waals surface area contributed by atoms with E-state index in [9.17, 15) is 9.59 Å². The van der Waals surface area contributed by atoms with E-state index in [1.54, 1.807) is 4.90 Å². The number of likely N-dealkylation sites (tertiary alicyclic amines) is 1. The zero-order valence-corrected chi connectivity index (χ0v) is 15.6. The van der Waals surface area contributed by atoms with Crippen molar-refractivity contribution in [3.63, 3.8) is 0 Å². The van der Waals surface area contributed by atoms with Crippen LogP contribution in [0.3, 0.4) is 0 Å². The van der Waals surface area contributed by atoms with Crippen LogP contribution in [0.25, 0.3) is 0 Å². The van der Waals surface area contributed by atoms with Crippen LogP contribution in [0, 0.1) is 0 Å². The number of aliphatic hydroxyl groups excluding tert-OH is 3. The summed E-state index contributed by atoms with van der Waals surface area (Å²) < 4.78 is 21.1. The second-order valence-corrected chi connectivity index (χ2v) is 5.99. The van der Waals surface area contributed by atoms with Gasteiger partial charge in [-0.2, -0.15) is 0 Å². The van der Waals surface area contributed by atoms with E-state index in [4.69, 9.17) is 34.3 Å². The zero-order chi connectivity index (χ0) is 20.0. The van der Waals surface area contributed by atoms with E-state index in [1.165, 1.54) is 0 Å². The number of nitrogens with zero attached hydrogens (tertiary/aromatic N) is 1. The molecule has 0 spiro atoms. The van der Waals surface area contributed by atoms with Gasteiger partial charge >= 0.3 is 5.97 Å². The first-order chi connectivity index (χ1) is 13.1. The lowest BCUT2D eigenvalue weighted by atomic mass is 10.0. The number of esters is 1. The number of aliphatic hydroxyl groups is 3. The van der Waals surface area contributed by atoms with Gasteiger partial charge in [-0.05, 0) is 0 Å². The molecule has 27 heavy (non-hydrogen) atoms. The highest BCUT2D eigenvalue weighted by Gasteiger charge is 2.37. The lowest BCUT2D eigenvalue weighted by Crippen LogP contribution is -2.50. The van der Waals surface area contributed by atoms with Gasteiger partial charge in [-0.15, -0.1) is 0 Å². The molecular formula is C17H31NO9. The number of rotatable bonds is 14. The monoisotopic (exact) mass is 393 g/mol. The maximum atomic E-state index is 12.3. The molecule has 0 aromatic carbocycles. The van der Waals surface area contributed by atoms with Crippen LogP contribution in [0.2, 0.25) is 0 Å².